The molecular formula is C31H26N6O3S2. The van der Waals surface area contributed by atoms with Gasteiger partial charge in [0, 0.05) is 21.5 Å². The number of hydrogen-bond donors (Lipinski definition) is 1. The first-order chi connectivity index (χ1) is 20.6. The molecule has 210 valence electrons. The van der Waals surface area contributed by atoms with Crippen molar-refractivity contribution in [3.05, 3.63) is 112 Å². The number of methoxy groups -OCH3 is 1. The molecule has 3 aromatic heterocycles. The Morgan fingerprint density at radius 3 is 2.50 bits per heavy atom. The van der Waals surface area contributed by atoms with Crippen molar-refractivity contribution in [1.82, 2.24) is 24.9 Å². The standard InChI is InChI=1S/C31H26N6O3S2/c1-40-23-15-13-22(14-16-23)32-31(39)30(27-12-7-17-41-27)36(18-28-33-25(20-42-28)21-8-3-2-4-9-21)29(38)19-37-26-11-6-5-10-24(26)34-35-37/h2-17,20,30H,18-19H2,1H3,(H,32,39)/t30-/m0/s1. The van der Waals surface area contributed by atoms with E-state index in [1.807, 2.05) is 77.5 Å². The molecule has 1 N–H and O–H groups in total. The molecule has 11 heteroatoms. The molecule has 0 spiro atoms. The van der Waals surface area contributed by atoms with E-state index in [9.17, 15) is 9.59 Å². The van der Waals surface area contributed by atoms with Gasteiger partial charge in [0.05, 0.1) is 24.9 Å². The van der Waals surface area contributed by atoms with Crippen molar-refractivity contribution in [2.45, 2.75) is 19.1 Å². The highest BCUT2D eigenvalue weighted by Gasteiger charge is 2.33. The van der Waals surface area contributed by atoms with Gasteiger partial charge in [0.15, 0.2) is 0 Å². The van der Waals surface area contributed by atoms with Gasteiger partial charge in [0.25, 0.3) is 5.91 Å². The summed E-state index contributed by atoms with van der Waals surface area (Å²) in [6.07, 6.45) is 0. The summed E-state index contributed by atoms with van der Waals surface area (Å²) < 4.78 is 6.81. The molecule has 0 aliphatic heterocycles. The van der Waals surface area contributed by atoms with Crippen LogP contribution in [0.3, 0.4) is 0 Å². The van der Waals surface area contributed by atoms with Crippen LogP contribution in [0.5, 0.6) is 5.75 Å². The van der Waals surface area contributed by atoms with Crippen molar-refractivity contribution in [2.24, 2.45) is 0 Å². The second-order valence-electron chi connectivity index (χ2n) is 9.39. The van der Waals surface area contributed by atoms with E-state index in [0.29, 0.717) is 22.0 Å². The molecule has 2 amide bonds. The predicted octanol–water partition coefficient (Wildman–Crippen LogP) is 6.03. The van der Waals surface area contributed by atoms with Crippen LogP contribution >= 0.6 is 22.7 Å². The zero-order chi connectivity index (χ0) is 28.9. The first kappa shape index (κ1) is 27.3. The number of thiophene rings is 1. The number of fused-ring (bicyclic) bond motifs is 1. The summed E-state index contributed by atoms with van der Waals surface area (Å²) in [6, 6.07) is 27.2. The van der Waals surface area contributed by atoms with E-state index in [1.165, 1.54) is 22.7 Å². The summed E-state index contributed by atoms with van der Waals surface area (Å²) in [5.41, 5.74) is 3.83. The van der Waals surface area contributed by atoms with Crippen molar-refractivity contribution in [1.29, 1.82) is 0 Å². The minimum absolute atomic E-state index is 0.0882. The van der Waals surface area contributed by atoms with Crippen LogP contribution in [0.15, 0.2) is 102 Å². The number of anilines is 1. The quantitative estimate of drug-likeness (QED) is 0.208. The van der Waals surface area contributed by atoms with E-state index in [4.69, 9.17) is 9.72 Å². The minimum Gasteiger partial charge on any atom is -0.497 e. The molecule has 0 saturated carbocycles. The van der Waals surface area contributed by atoms with Crippen LogP contribution in [0, 0.1) is 0 Å². The Bertz CT molecular complexity index is 1800. The third kappa shape index (κ3) is 5.92. The maximum absolute atomic E-state index is 14.1. The highest BCUT2D eigenvalue weighted by atomic mass is 32.1. The molecule has 0 saturated heterocycles. The highest BCUT2D eigenvalue weighted by molar-refractivity contribution is 7.10. The molecular weight excluding hydrogens is 569 g/mol. The van der Waals surface area contributed by atoms with Crippen LogP contribution in [0.2, 0.25) is 0 Å². The van der Waals surface area contributed by atoms with Gasteiger partial charge in [-0.1, -0.05) is 53.7 Å². The molecule has 1 atom stereocenters. The average Bonchev–Trinajstić information content (AvgIpc) is 3.80. The van der Waals surface area contributed by atoms with E-state index in [1.54, 1.807) is 41.0 Å². The Labute approximate surface area is 250 Å². The lowest BCUT2D eigenvalue weighted by Gasteiger charge is -2.30. The second-order valence-corrected chi connectivity index (χ2v) is 11.3. The van der Waals surface area contributed by atoms with Crippen molar-refractivity contribution >= 4 is 51.2 Å². The van der Waals surface area contributed by atoms with Gasteiger partial charge in [-0.3, -0.25) is 9.59 Å². The number of carbonyl (C=O) groups excluding carboxylic acids is 2. The summed E-state index contributed by atoms with van der Waals surface area (Å²) in [6.45, 7) is 0.0523. The molecule has 0 radical (unpaired) electrons. The molecule has 3 aromatic carbocycles. The number of aromatic nitrogens is 4. The van der Waals surface area contributed by atoms with Crippen LogP contribution in [0.1, 0.15) is 15.9 Å². The average molecular weight is 595 g/mol. The zero-order valence-electron chi connectivity index (χ0n) is 22.6. The van der Waals surface area contributed by atoms with Crippen LogP contribution < -0.4 is 10.1 Å². The number of para-hydroxylation sites is 1. The third-order valence-corrected chi connectivity index (χ3v) is 8.44. The molecule has 0 aliphatic carbocycles. The molecule has 9 nitrogen and oxygen atoms in total. The van der Waals surface area contributed by atoms with Crippen molar-refractivity contribution in [3.63, 3.8) is 0 Å². The van der Waals surface area contributed by atoms with Gasteiger partial charge >= 0.3 is 0 Å². The van der Waals surface area contributed by atoms with Gasteiger partial charge in [-0.25, -0.2) is 9.67 Å². The predicted molar refractivity (Wildman–Crippen MR) is 164 cm³/mol. The SMILES string of the molecule is COc1ccc(NC(=O)[C@H](c2cccs2)N(Cc2nc(-c3ccccc3)cs2)C(=O)Cn2nnc3ccccc32)cc1. The van der Waals surface area contributed by atoms with Gasteiger partial charge in [-0.15, -0.1) is 27.8 Å². The maximum atomic E-state index is 14.1. The van der Waals surface area contributed by atoms with Crippen LogP contribution in [-0.2, 0) is 22.7 Å². The van der Waals surface area contributed by atoms with Gasteiger partial charge in [0.1, 0.15) is 28.9 Å². The number of thiazole rings is 1. The number of ether oxygens (including phenoxy) is 1. The Hall–Kier alpha value is -4.87. The van der Waals surface area contributed by atoms with Crippen molar-refractivity contribution in [2.75, 3.05) is 12.4 Å². The Morgan fingerprint density at radius 1 is 0.952 bits per heavy atom. The normalized spacial score (nSPS) is 11.7. The van der Waals surface area contributed by atoms with Gasteiger partial charge in [-0.05, 0) is 47.8 Å². The lowest BCUT2D eigenvalue weighted by molar-refractivity contribution is -0.140. The van der Waals surface area contributed by atoms with E-state index in [0.717, 1.165) is 21.7 Å². The summed E-state index contributed by atoms with van der Waals surface area (Å²) in [7, 11) is 1.59. The maximum Gasteiger partial charge on any atom is 0.252 e. The highest BCUT2D eigenvalue weighted by Crippen LogP contribution is 2.31. The molecule has 42 heavy (non-hydrogen) atoms. The summed E-state index contributed by atoms with van der Waals surface area (Å²) in [5, 5.41) is 16.0. The van der Waals surface area contributed by atoms with E-state index >= 15 is 0 Å². The van der Waals surface area contributed by atoms with Gasteiger partial charge in [0.2, 0.25) is 5.91 Å². The number of amides is 2. The minimum atomic E-state index is -0.904. The molecule has 0 fully saturated rings. The molecule has 0 bridgehead atoms. The molecule has 0 unspecified atom stereocenters. The first-order valence-electron chi connectivity index (χ1n) is 13.1. The topological polar surface area (TPSA) is 102 Å². The summed E-state index contributed by atoms with van der Waals surface area (Å²) >= 11 is 2.87. The Morgan fingerprint density at radius 2 is 1.74 bits per heavy atom. The molecule has 6 rings (SSSR count). The van der Waals surface area contributed by atoms with Crippen molar-refractivity contribution in [3.8, 4) is 17.0 Å². The molecule has 0 aliphatic rings. The third-order valence-electron chi connectivity index (χ3n) is 6.68. The fraction of sp³-hybridized carbons (Fsp3) is 0.129. The monoisotopic (exact) mass is 594 g/mol. The van der Waals surface area contributed by atoms with E-state index in [2.05, 4.69) is 15.6 Å². The van der Waals surface area contributed by atoms with E-state index < -0.39 is 6.04 Å². The fourth-order valence-electron chi connectivity index (χ4n) is 4.60. The number of rotatable bonds is 10. The first-order valence-corrected chi connectivity index (χ1v) is 14.9. The zero-order valence-corrected chi connectivity index (χ0v) is 24.2. The lowest BCUT2D eigenvalue weighted by Crippen LogP contribution is -2.42. The summed E-state index contributed by atoms with van der Waals surface area (Å²) in [5.74, 6) is 0.0577. The molecule has 3 heterocycles. The fourth-order valence-corrected chi connectivity index (χ4v) is 6.24. The largest absolute Gasteiger partial charge is 0.497 e. The summed E-state index contributed by atoms with van der Waals surface area (Å²) in [4.78, 5) is 35.2. The van der Waals surface area contributed by atoms with E-state index in [-0.39, 0.29) is 24.9 Å². The smallest absolute Gasteiger partial charge is 0.252 e. The van der Waals surface area contributed by atoms with Gasteiger partial charge in [-0.2, -0.15) is 0 Å². The van der Waals surface area contributed by atoms with Gasteiger partial charge < -0.3 is 15.0 Å². The lowest BCUT2D eigenvalue weighted by atomic mass is 10.1. The van der Waals surface area contributed by atoms with Crippen LogP contribution in [0.25, 0.3) is 22.3 Å². The number of benzene rings is 3. The number of nitrogens with one attached hydrogen (secondary N) is 1. The van der Waals surface area contributed by atoms with Crippen LogP contribution in [0.4, 0.5) is 5.69 Å². The second kappa shape index (κ2) is 12.3. The van der Waals surface area contributed by atoms with Crippen molar-refractivity contribution < 1.29 is 14.3 Å². The Kier molecular flexibility index (Phi) is 8.02. The molecule has 6 aromatic rings. The Balaban J connectivity index is 1.35. The van der Waals surface area contributed by atoms with Crippen LogP contribution in [-0.4, -0.2) is 43.8 Å². The number of hydrogen-bond acceptors (Lipinski definition) is 8. The number of nitrogens with zero attached hydrogens (tertiary/aromatic N) is 5. The number of carbonyl (C=O) groups is 2.